The summed E-state index contributed by atoms with van der Waals surface area (Å²) in [4.78, 5) is 2.24. The molecule has 2 nitrogen and oxygen atoms in total. The Labute approximate surface area is 155 Å². The summed E-state index contributed by atoms with van der Waals surface area (Å²) in [7, 11) is 5.94. The topological polar surface area (TPSA) is 12.5 Å². The number of ether oxygens (including phenoxy) is 1. The molecule has 0 aliphatic heterocycles. The summed E-state index contributed by atoms with van der Waals surface area (Å²) in [5.74, 6) is 1.17. The summed E-state index contributed by atoms with van der Waals surface area (Å²) in [5, 5.41) is 0. The van der Waals surface area contributed by atoms with E-state index in [0.717, 1.165) is 30.7 Å². The Kier molecular flexibility index (Phi) is 5.89. The molecule has 3 heteroatoms. The van der Waals surface area contributed by atoms with E-state index in [0.29, 0.717) is 5.92 Å². The molecule has 0 saturated heterocycles. The second-order valence-corrected chi connectivity index (χ2v) is 7.10. The fourth-order valence-electron chi connectivity index (χ4n) is 3.53. The Hall–Kier alpha value is -2.39. The molecule has 0 bridgehead atoms. The minimum absolute atomic E-state index is 0.200. The van der Waals surface area contributed by atoms with Gasteiger partial charge in [-0.25, -0.2) is 4.39 Å². The van der Waals surface area contributed by atoms with Crippen LogP contribution in [0.5, 0.6) is 5.75 Å². The van der Waals surface area contributed by atoms with Crippen LogP contribution >= 0.6 is 0 Å². The predicted molar refractivity (Wildman–Crippen MR) is 107 cm³/mol. The maximum absolute atomic E-state index is 13.1. The lowest BCUT2D eigenvalue weighted by Gasteiger charge is -2.28. The van der Waals surface area contributed by atoms with E-state index in [4.69, 9.17) is 4.74 Å². The van der Waals surface area contributed by atoms with Crippen LogP contribution < -0.4 is 4.74 Å². The molecule has 0 spiro atoms. The van der Waals surface area contributed by atoms with Crippen LogP contribution in [-0.2, 0) is 0 Å². The number of methoxy groups -OCH3 is 1. The maximum atomic E-state index is 13.1. The molecule has 1 aliphatic rings. The van der Waals surface area contributed by atoms with E-state index >= 15 is 0 Å². The number of hydrogen-bond acceptors (Lipinski definition) is 2. The molecule has 0 fully saturated rings. The van der Waals surface area contributed by atoms with Gasteiger partial charge in [0.2, 0.25) is 0 Å². The third-order valence-electron chi connectivity index (χ3n) is 4.77. The highest BCUT2D eigenvalue weighted by molar-refractivity contribution is 5.74. The van der Waals surface area contributed by atoms with E-state index in [1.807, 2.05) is 24.3 Å². The number of allylic oxidation sites excluding steroid dienone is 2. The number of nitrogens with zero attached hydrogens (tertiary/aromatic N) is 1. The first kappa shape index (κ1) is 18.4. The molecule has 0 heterocycles. The van der Waals surface area contributed by atoms with Gasteiger partial charge >= 0.3 is 0 Å². The molecule has 1 unspecified atom stereocenters. The fourth-order valence-corrected chi connectivity index (χ4v) is 3.53. The average Bonchev–Trinajstić information content (AvgIpc) is 2.64. The lowest BCUT2D eigenvalue weighted by molar-refractivity contribution is 0.352. The van der Waals surface area contributed by atoms with Crippen LogP contribution in [0.2, 0.25) is 0 Å². The SMILES string of the molecule is COc1cccc(C2=CC(=Cc3ccc(F)cc3)CCC2CN(C)C)c1. The normalized spacial score (nSPS) is 18.9. The van der Waals surface area contributed by atoms with Gasteiger partial charge in [0.05, 0.1) is 7.11 Å². The molecule has 0 radical (unpaired) electrons. The van der Waals surface area contributed by atoms with Crippen molar-refractivity contribution in [1.29, 1.82) is 0 Å². The highest BCUT2D eigenvalue weighted by Gasteiger charge is 2.22. The van der Waals surface area contributed by atoms with Crippen LogP contribution in [0.1, 0.15) is 24.0 Å². The van der Waals surface area contributed by atoms with E-state index < -0.39 is 0 Å². The van der Waals surface area contributed by atoms with Gasteiger partial charge in [0.1, 0.15) is 11.6 Å². The quantitative estimate of drug-likeness (QED) is 0.727. The summed E-state index contributed by atoms with van der Waals surface area (Å²) >= 11 is 0. The molecular formula is C23H26FNO. The zero-order valence-corrected chi connectivity index (χ0v) is 15.7. The molecule has 0 saturated carbocycles. The molecule has 0 aromatic heterocycles. The minimum Gasteiger partial charge on any atom is -0.497 e. The van der Waals surface area contributed by atoms with Crippen molar-refractivity contribution in [2.45, 2.75) is 12.8 Å². The number of hydrogen-bond donors (Lipinski definition) is 0. The summed E-state index contributed by atoms with van der Waals surface area (Å²) in [6.07, 6.45) is 6.60. The largest absolute Gasteiger partial charge is 0.497 e. The van der Waals surface area contributed by atoms with Crippen molar-refractivity contribution in [3.63, 3.8) is 0 Å². The first-order chi connectivity index (χ1) is 12.5. The zero-order chi connectivity index (χ0) is 18.5. The number of rotatable bonds is 5. The second-order valence-electron chi connectivity index (χ2n) is 7.10. The molecular weight excluding hydrogens is 325 g/mol. The Morgan fingerprint density at radius 1 is 1.15 bits per heavy atom. The van der Waals surface area contributed by atoms with Gasteiger partial charge in [-0.3, -0.25) is 0 Å². The molecule has 136 valence electrons. The van der Waals surface area contributed by atoms with Gasteiger partial charge in [-0.15, -0.1) is 0 Å². The first-order valence-corrected chi connectivity index (χ1v) is 9.02. The second kappa shape index (κ2) is 8.33. The monoisotopic (exact) mass is 351 g/mol. The lowest BCUT2D eigenvalue weighted by atomic mass is 9.81. The van der Waals surface area contributed by atoms with Crippen LogP contribution in [0.15, 0.2) is 60.2 Å². The Morgan fingerprint density at radius 3 is 2.62 bits per heavy atom. The zero-order valence-electron chi connectivity index (χ0n) is 15.7. The standard InChI is InChI=1S/C23H26FNO/c1-25(2)16-20-10-7-18(13-17-8-11-21(24)12-9-17)14-23(20)19-5-4-6-22(15-19)26-3/h4-6,8-9,11-15,20H,7,10,16H2,1-3H3. The highest BCUT2D eigenvalue weighted by Crippen LogP contribution is 2.37. The van der Waals surface area contributed by atoms with Gasteiger partial charge < -0.3 is 9.64 Å². The highest BCUT2D eigenvalue weighted by atomic mass is 19.1. The van der Waals surface area contributed by atoms with Gasteiger partial charge in [0.25, 0.3) is 0 Å². The summed E-state index contributed by atoms with van der Waals surface area (Å²) in [5.41, 5.74) is 4.87. The van der Waals surface area contributed by atoms with Crippen LogP contribution in [-0.4, -0.2) is 32.6 Å². The Morgan fingerprint density at radius 2 is 1.92 bits per heavy atom. The Balaban J connectivity index is 1.97. The third kappa shape index (κ3) is 4.61. The number of halogens is 1. The van der Waals surface area contributed by atoms with E-state index in [9.17, 15) is 4.39 Å². The van der Waals surface area contributed by atoms with Crippen molar-refractivity contribution in [1.82, 2.24) is 4.90 Å². The first-order valence-electron chi connectivity index (χ1n) is 9.02. The van der Waals surface area contributed by atoms with E-state index in [1.165, 1.54) is 28.8 Å². The summed E-state index contributed by atoms with van der Waals surface area (Å²) < 4.78 is 18.6. The van der Waals surface area contributed by atoms with Crippen molar-refractivity contribution in [2.75, 3.05) is 27.7 Å². The van der Waals surface area contributed by atoms with Gasteiger partial charge in [0, 0.05) is 6.54 Å². The summed E-state index contributed by atoms with van der Waals surface area (Å²) in [6, 6.07) is 14.9. The van der Waals surface area contributed by atoms with Crippen molar-refractivity contribution in [2.24, 2.45) is 5.92 Å². The number of benzene rings is 2. The smallest absolute Gasteiger partial charge is 0.123 e. The van der Waals surface area contributed by atoms with Gasteiger partial charge in [-0.05, 0) is 79.4 Å². The van der Waals surface area contributed by atoms with Crippen LogP contribution in [0.25, 0.3) is 11.6 Å². The maximum Gasteiger partial charge on any atom is 0.123 e. The van der Waals surface area contributed by atoms with Gasteiger partial charge in [-0.2, -0.15) is 0 Å². The van der Waals surface area contributed by atoms with Crippen molar-refractivity contribution in [3.8, 4) is 5.75 Å². The van der Waals surface area contributed by atoms with E-state index in [1.54, 1.807) is 7.11 Å². The molecule has 1 atom stereocenters. The minimum atomic E-state index is -0.200. The Bertz CT molecular complexity index is 805. The fraction of sp³-hybridized carbons (Fsp3) is 0.304. The van der Waals surface area contributed by atoms with E-state index in [-0.39, 0.29) is 5.82 Å². The van der Waals surface area contributed by atoms with Crippen molar-refractivity contribution >= 4 is 11.6 Å². The van der Waals surface area contributed by atoms with E-state index in [2.05, 4.69) is 43.3 Å². The molecule has 3 rings (SSSR count). The molecule has 2 aromatic rings. The van der Waals surface area contributed by atoms with Crippen molar-refractivity contribution in [3.05, 3.63) is 77.1 Å². The van der Waals surface area contributed by atoms with Crippen LogP contribution in [0, 0.1) is 11.7 Å². The predicted octanol–water partition coefficient (Wildman–Crippen LogP) is 5.27. The third-order valence-corrected chi connectivity index (χ3v) is 4.77. The van der Waals surface area contributed by atoms with Crippen molar-refractivity contribution < 1.29 is 9.13 Å². The molecule has 0 N–H and O–H groups in total. The molecule has 2 aromatic carbocycles. The molecule has 0 amide bonds. The average molecular weight is 351 g/mol. The van der Waals surface area contributed by atoms with Gasteiger partial charge in [0.15, 0.2) is 0 Å². The van der Waals surface area contributed by atoms with Crippen LogP contribution in [0.4, 0.5) is 4.39 Å². The van der Waals surface area contributed by atoms with Crippen LogP contribution in [0.3, 0.4) is 0 Å². The summed E-state index contributed by atoms with van der Waals surface area (Å²) in [6.45, 7) is 1.02. The molecule has 1 aliphatic carbocycles. The lowest BCUT2D eigenvalue weighted by Crippen LogP contribution is -2.24. The molecule has 26 heavy (non-hydrogen) atoms. The van der Waals surface area contributed by atoms with Gasteiger partial charge in [-0.1, -0.05) is 36.4 Å².